The molecule has 0 unspecified atom stereocenters. The van der Waals surface area contributed by atoms with E-state index in [1.807, 2.05) is 18.2 Å². The van der Waals surface area contributed by atoms with Gasteiger partial charge in [0.05, 0.1) is 12.1 Å². The maximum absolute atomic E-state index is 10.6. The van der Waals surface area contributed by atoms with Crippen LogP contribution in [0.2, 0.25) is 0 Å². The average Bonchev–Trinajstić information content (AvgIpc) is 2.91. The van der Waals surface area contributed by atoms with Crippen LogP contribution in [0, 0.1) is 0 Å². The topological polar surface area (TPSA) is 65.5 Å². The minimum Gasteiger partial charge on any atom is -0.481 e. The van der Waals surface area contributed by atoms with Gasteiger partial charge in [0.1, 0.15) is 0 Å². The second-order valence-corrected chi connectivity index (χ2v) is 5.61. The zero-order chi connectivity index (χ0) is 15.1. The number of para-hydroxylation sites is 1. The van der Waals surface area contributed by atoms with Gasteiger partial charge in [-0.2, -0.15) is 0 Å². The van der Waals surface area contributed by atoms with Crippen molar-refractivity contribution in [2.24, 2.45) is 0 Å². The van der Waals surface area contributed by atoms with Gasteiger partial charge < -0.3 is 15.3 Å². The first-order valence-electron chi connectivity index (χ1n) is 6.81. The van der Waals surface area contributed by atoms with Gasteiger partial charge >= 0.3 is 5.97 Å². The smallest absolute Gasteiger partial charge is 0.309 e. The average molecular weight is 305 g/mol. The predicted molar refractivity (Wildman–Crippen MR) is 86.3 cm³/mol. The molecule has 1 heterocycles. The molecule has 0 fully saturated rings. The first-order chi connectivity index (χ1) is 10.1. The molecule has 0 amide bonds. The molecular weight excluding hydrogens is 286 g/mol. The summed E-state index contributed by atoms with van der Waals surface area (Å²) in [5, 5.41) is 14.5. The minimum atomic E-state index is -0.851. The van der Waals surface area contributed by atoms with E-state index in [9.17, 15) is 4.79 Å². The Hall–Kier alpha value is -2.08. The Morgan fingerprint density at radius 3 is 2.86 bits per heavy atom. The zero-order valence-corrected chi connectivity index (χ0v) is 12.8. The van der Waals surface area contributed by atoms with Crippen molar-refractivity contribution in [1.82, 2.24) is 4.98 Å². The van der Waals surface area contributed by atoms with Gasteiger partial charge in [0, 0.05) is 31.2 Å². The Bertz CT molecular complexity index is 571. The van der Waals surface area contributed by atoms with Gasteiger partial charge in [0.25, 0.3) is 0 Å². The van der Waals surface area contributed by atoms with Crippen molar-refractivity contribution in [2.75, 3.05) is 30.4 Å². The highest BCUT2D eigenvalue weighted by Crippen LogP contribution is 2.16. The van der Waals surface area contributed by atoms with E-state index in [0.29, 0.717) is 5.69 Å². The molecule has 0 aliphatic carbocycles. The summed E-state index contributed by atoms with van der Waals surface area (Å²) in [5.74, 6) is -0.851. The Morgan fingerprint density at radius 2 is 2.14 bits per heavy atom. The van der Waals surface area contributed by atoms with Crippen LogP contribution in [0.15, 0.2) is 35.7 Å². The number of benzene rings is 1. The second kappa shape index (κ2) is 7.64. The lowest BCUT2D eigenvalue weighted by molar-refractivity contribution is -0.136. The quantitative estimate of drug-likeness (QED) is 0.734. The molecule has 5 nitrogen and oxygen atoms in total. The van der Waals surface area contributed by atoms with Crippen molar-refractivity contribution < 1.29 is 9.90 Å². The predicted octanol–water partition coefficient (Wildman–Crippen LogP) is 2.71. The van der Waals surface area contributed by atoms with Gasteiger partial charge in [0.2, 0.25) is 0 Å². The standard InChI is InChI=1S/C15H19N3O2S/c1-18(13-6-3-2-4-7-13)9-5-8-16-15-17-12(11-21-15)10-14(19)20/h2-4,6-7,11H,5,8-10H2,1H3,(H,16,17)(H,19,20). The molecule has 112 valence electrons. The fourth-order valence-electron chi connectivity index (χ4n) is 1.95. The number of nitrogens with zero attached hydrogens (tertiary/aromatic N) is 2. The number of rotatable bonds is 8. The van der Waals surface area contributed by atoms with Crippen LogP contribution in [-0.2, 0) is 11.2 Å². The van der Waals surface area contributed by atoms with Crippen LogP contribution < -0.4 is 10.2 Å². The summed E-state index contributed by atoms with van der Waals surface area (Å²) in [6, 6.07) is 10.3. The monoisotopic (exact) mass is 305 g/mol. The highest BCUT2D eigenvalue weighted by Gasteiger charge is 2.05. The molecule has 1 aromatic carbocycles. The number of carboxylic acid groups (broad SMARTS) is 1. The second-order valence-electron chi connectivity index (χ2n) is 4.75. The normalized spacial score (nSPS) is 10.3. The first kappa shape index (κ1) is 15.3. The fraction of sp³-hybridized carbons (Fsp3) is 0.333. The maximum atomic E-state index is 10.6. The summed E-state index contributed by atoms with van der Waals surface area (Å²) >= 11 is 1.45. The molecule has 6 heteroatoms. The number of carboxylic acids is 1. The summed E-state index contributed by atoms with van der Waals surface area (Å²) in [6.07, 6.45) is 0.966. The van der Waals surface area contributed by atoms with Crippen molar-refractivity contribution in [3.63, 3.8) is 0 Å². The maximum Gasteiger partial charge on any atom is 0.309 e. The molecule has 1 aromatic heterocycles. The van der Waals surface area contributed by atoms with E-state index in [-0.39, 0.29) is 6.42 Å². The van der Waals surface area contributed by atoms with Crippen molar-refractivity contribution in [3.8, 4) is 0 Å². The third kappa shape index (κ3) is 5.07. The molecule has 0 saturated heterocycles. The number of aromatic nitrogens is 1. The van der Waals surface area contributed by atoms with Crippen molar-refractivity contribution in [3.05, 3.63) is 41.4 Å². The van der Waals surface area contributed by atoms with Crippen LogP contribution in [-0.4, -0.2) is 36.2 Å². The molecule has 2 rings (SSSR count). The molecule has 0 bridgehead atoms. The Morgan fingerprint density at radius 1 is 1.38 bits per heavy atom. The molecule has 2 N–H and O–H groups in total. The minimum absolute atomic E-state index is 0.0189. The lowest BCUT2D eigenvalue weighted by atomic mass is 10.3. The van der Waals surface area contributed by atoms with Gasteiger partial charge in [-0.15, -0.1) is 11.3 Å². The third-order valence-electron chi connectivity index (χ3n) is 3.03. The van der Waals surface area contributed by atoms with E-state index in [4.69, 9.17) is 5.11 Å². The highest BCUT2D eigenvalue weighted by atomic mass is 32.1. The van der Waals surface area contributed by atoms with Gasteiger partial charge in [-0.1, -0.05) is 18.2 Å². The van der Waals surface area contributed by atoms with Gasteiger partial charge in [0.15, 0.2) is 5.13 Å². The lowest BCUT2D eigenvalue weighted by Gasteiger charge is -2.19. The van der Waals surface area contributed by atoms with E-state index in [0.717, 1.165) is 24.6 Å². The largest absolute Gasteiger partial charge is 0.481 e. The van der Waals surface area contributed by atoms with E-state index >= 15 is 0 Å². The molecule has 0 atom stereocenters. The van der Waals surface area contributed by atoms with E-state index < -0.39 is 5.97 Å². The van der Waals surface area contributed by atoms with Crippen LogP contribution in [0.5, 0.6) is 0 Å². The van der Waals surface area contributed by atoms with Crippen LogP contribution in [0.4, 0.5) is 10.8 Å². The Kier molecular flexibility index (Phi) is 5.57. The van der Waals surface area contributed by atoms with Crippen molar-refractivity contribution >= 4 is 28.1 Å². The number of hydrogen-bond acceptors (Lipinski definition) is 5. The third-order valence-corrected chi connectivity index (χ3v) is 3.88. The van der Waals surface area contributed by atoms with Crippen LogP contribution in [0.1, 0.15) is 12.1 Å². The summed E-state index contributed by atoms with van der Waals surface area (Å²) in [7, 11) is 2.07. The summed E-state index contributed by atoms with van der Waals surface area (Å²) in [4.78, 5) is 17.0. The summed E-state index contributed by atoms with van der Waals surface area (Å²) in [5.41, 5.74) is 1.81. The number of aliphatic carboxylic acids is 1. The molecule has 0 aliphatic heterocycles. The SMILES string of the molecule is CN(CCCNc1nc(CC(=O)O)cs1)c1ccccc1. The number of thiazole rings is 1. The molecular formula is C15H19N3O2S. The van der Waals surface area contributed by atoms with E-state index in [2.05, 4.69) is 34.4 Å². The van der Waals surface area contributed by atoms with Gasteiger partial charge in [-0.05, 0) is 18.6 Å². The van der Waals surface area contributed by atoms with E-state index in [1.54, 1.807) is 5.38 Å². The van der Waals surface area contributed by atoms with Crippen LogP contribution in [0.3, 0.4) is 0 Å². The highest BCUT2D eigenvalue weighted by molar-refractivity contribution is 7.13. The fourth-order valence-corrected chi connectivity index (χ4v) is 2.69. The van der Waals surface area contributed by atoms with Crippen LogP contribution >= 0.6 is 11.3 Å². The molecule has 0 radical (unpaired) electrons. The molecule has 0 saturated carbocycles. The summed E-state index contributed by atoms with van der Waals surface area (Å²) in [6.45, 7) is 1.77. The number of hydrogen-bond donors (Lipinski definition) is 2. The first-order valence-corrected chi connectivity index (χ1v) is 7.69. The number of nitrogens with one attached hydrogen (secondary N) is 1. The zero-order valence-electron chi connectivity index (χ0n) is 12.0. The Labute approximate surface area is 128 Å². The summed E-state index contributed by atoms with van der Waals surface area (Å²) < 4.78 is 0. The molecule has 21 heavy (non-hydrogen) atoms. The van der Waals surface area contributed by atoms with Crippen molar-refractivity contribution in [1.29, 1.82) is 0 Å². The molecule has 0 aliphatic rings. The van der Waals surface area contributed by atoms with Crippen LogP contribution in [0.25, 0.3) is 0 Å². The number of anilines is 2. The Balaban J connectivity index is 1.70. The van der Waals surface area contributed by atoms with Gasteiger partial charge in [-0.3, -0.25) is 4.79 Å². The van der Waals surface area contributed by atoms with Gasteiger partial charge in [-0.25, -0.2) is 4.98 Å². The van der Waals surface area contributed by atoms with Crippen molar-refractivity contribution in [2.45, 2.75) is 12.8 Å². The van der Waals surface area contributed by atoms with E-state index in [1.165, 1.54) is 17.0 Å². The molecule has 2 aromatic rings. The molecule has 0 spiro atoms. The lowest BCUT2D eigenvalue weighted by Crippen LogP contribution is -2.20. The number of carbonyl (C=O) groups is 1.